The van der Waals surface area contributed by atoms with E-state index in [0.29, 0.717) is 12.2 Å². The van der Waals surface area contributed by atoms with Gasteiger partial charge in [-0.05, 0) is 7.05 Å². The van der Waals surface area contributed by atoms with Crippen LogP contribution in [0.5, 0.6) is 0 Å². The first kappa shape index (κ1) is 12.3. The number of aldehydes is 1. The van der Waals surface area contributed by atoms with E-state index in [1.807, 2.05) is 0 Å². The summed E-state index contributed by atoms with van der Waals surface area (Å²) in [7, 11) is 2.15. The van der Waals surface area contributed by atoms with Crippen LogP contribution in [-0.2, 0) is 17.6 Å². The van der Waals surface area contributed by atoms with Gasteiger partial charge in [-0.1, -0.05) is 0 Å². The monoisotopic (exact) mass is 237 g/mol. The van der Waals surface area contributed by atoms with Gasteiger partial charge in [0.2, 0.25) is 0 Å². The van der Waals surface area contributed by atoms with E-state index in [1.165, 1.54) is 0 Å². The number of hydrogen-bond acceptors (Lipinski definition) is 5. The smallest absolute Gasteiger partial charge is 0.195 e. The molecule has 0 amide bonds. The molecule has 1 saturated heterocycles. The highest BCUT2D eigenvalue weighted by atomic mass is 16.4. The number of carbonyl (C=O) groups is 1. The van der Waals surface area contributed by atoms with E-state index in [-0.39, 0.29) is 0 Å². The average molecular weight is 237 g/mol. The van der Waals surface area contributed by atoms with Crippen molar-refractivity contribution in [2.45, 2.75) is 12.8 Å². The lowest BCUT2D eigenvalue weighted by Gasteiger charge is -2.31. The molecule has 1 aliphatic heterocycles. The van der Waals surface area contributed by atoms with E-state index < -0.39 is 0 Å². The van der Waals surface area contributed by atoms with Gasteiger partial charge in [-0.2, -0.15) is 0 Å². The van der Waals surface area contributed by atoms with Crippen LogP contribution in [-0.4, -0.2) is 60.8 Å². The average Bonchev–Trinajstić information content (AvgIpc) is 2.77. The first-order valence-electron chi connectivity index (χ1n) is 6.06. The van der Waals surface area contributed by atoms with Gasteiger partial charge in [-0.3, -0.25) is 0 Å². The number of nitrogens with zero attached hydrogens (tertiary/aromatic N) is 3. The van der Waals surface area contributed by atoms with E-state index in [4.69, 9.17) is 4.42 Å². The largest absolute Gasteiger partial charge is 0.445 e. The van der Waals surface area contributed by atoms with Gasteiger partial charge < -0.3 is 19.0 Å². The summed E-state index contributed by atoms with van der Waals surface area (Å²) < 4.78 is 5.46. The van der Waals surface area contributed by atoms with Crippen molar-refractivity contribution in [3.63, 3.8) is 0 Å². The number of aromatic nitrogens is 1. The van der Waals surface area contributed by atoms with Gasteiger partial charge in [0.05, 0.1) is 12.6 Å². The Hall–Kier alpha value is -1.20. The highest BCUT2D eigenvalue weighted by Gasteiger charge is 2.14. The van der Waals surface area contributed by atoms with Gasteiger partial charge in [0.1, 0.15) is 12.0 Å². The summed E-state index contributed by atoms with van der Waals surface area (Å²) in [6, 6.07) is 0. The van der Waals surface area contributed by atoms with E-state index in [2.05, 4.69) is 21.8 Å². The molecule has 1 fully saturated rings. The van der Waals surface area contributed by atoms with Crippen LogP contribution in [0.15, 0.2) is 10.6 Å². The molecule has 0 radical (unpaired) electrons. The van der Waals surface area contributed by atoms with Crippen molar-refractivity contribution in [1.82, 2.24) is 14.8 Å². The number of oxazole rings is 1. The zero-order valence-electron chi connectivity index (χ0n) is 10.3. The molecule has 0 unspecified atom stereocenters. The molecule has 0 N–H and O–H groups in total. The molecular formula is C12H19N3O2. The fourth-order valence-electron chi connectivity index (χ4n) is 1.97. The Balaban J connectivity index is 1.75. The summed E-state index contributed by atoms with van der Waals surface area (Å²) in [6.07, 6.45) is 3.63. The molecule has 5 heteroatoms. The molecule has 0 aromatic carbocycles. The van der Waals surface area contributed by atoms with Crippen LogP contribution in [0.3, 0.4) is 0 Å². The van der Waals surface area contributed by atoms with Crippen molar-refractivity contribution in [1.29, 1.82) is 0 Å². The fraction of sp³-hybridized carbons (Fsp3) is 0.667. The van der Waals surface area contributed by atoms with Crippen molar-refractivity contribution in [3.8, 4) is 0 Å². The number of hydrogen-bond donors (Lipinski definition) is 0. The molecule has 1 aliphatic rings. The Morgan fingerprint density at radius 3 is 2.88 bits per heavy atom. The third-order valence-corrected chi connectivity index (χ3v) is 3.12. The van der Waals surface area contributed by atoms with Crippen molar-refractivity contribution < 1.29 is 9.21 Å². The van der Waals surface area contributed by atoms with Crippen molar-refractivity contribution in [3.05, 3.63) is 17.8 Å². The van der Waals surface area contributed by atoms with E-state index in [9.17, 15) is 4.79 Å². The van der Waals surface area contributed by atoms with Gasteiger partial charge in [0.25, 0.3) is 0 Å². The van der Waals surface area contributed by atoms with Crippen LogP contribution in [0.2, 0.25) is 0 Å². The highest BCUT2D eigenvalue weighted by Crippen LogP contribution is 2.06. The van der Waals surface area contributed by atoms with Crippen molar-refractivity contribution in [2.75, 3.05) is 39.8 Å². The maximum absolute atomic E-state index is 10.3. The lowest BCUT2D eigenvalue weighted by molar-refractivity contribution is -0.107. The molecule has 2 heterocycles. The lowest BCUT2D eigenvalue weighted by Crippen LogP contribution is -2.45. The summed E-state index contributed by atoms with van der Waals surface area (Å²) >= 11 is 0. The summed E-state index contributed by atoms with van der Waals surface area (Å²) in [5.41, 5.74) is 0. The normalized spacial score (nSPS) is 18.4. The molecule has 2 rings (SSSR count). The van der Waals surface area contributed by atoms with Gasteiger partial charge in [0.15, 0.2) is 5.89 Å². The molecule has 0 spiro atoms. The topological polar surface area (TPSA) is 49.6 Å². The van der Waals surface area contributed by atoms with Crippen molar-refractivity contribution in [2.24, 2.45) is 0 Å². The van der Waals surface area contributed by atoms with Crippen LogP contribution in [0, 0.1) is 0 Å². The molecule has 1 aromatic heterocycles. The van der Waals surface area contributed by atoms with Gasteiger partial charge in [-0.15, -0.1) is 0 Å². The standard InChI is InChI=1S/C12H19N3O2/c1-14-5-7-15(8-6-14)4-2-12-13-10-11(17-12)3-9-16/h9-10H,2-8H2,1H3. The molecule has 17 heavy (non-hydrogen) atoms. The second-order valence-electron chi connectivity index (χ2n) is 4.49. The third kappa shape index (κ3) is 3.64. The van der Waals surface area contributed by atoms with E-state index >= 15 is 0 Å². The van der Waals surface area contributed by atoms with E-state index in [0.717, 1.165) is 51.3 Å². The fourth-order valence-corrected chi connectivity index (χ4v) is 1.97. The molecular weight excluding hydrogens is 218 g/mol. The first-order chi connectivity index (χ1) is 8.28. The predicted molar refractivity (Wildman–Crippen MR) is 63.9 cm³/mol. The SMILES string of the molecule is CN1CCN(CCc2ncc(CC=O)o2)CC1. The van der Waals surface area contributed by atoms with Crippen LogP contribution in [0.4, 0.5) is 0 Å². The number of carbonyl (C=O) groups excluding carboxylic acids is 1. The highest BCUT2D eigenvalue weighted by molar-refractivity contribution is 5.52. The van der Waals surface area contributed by atoms with Crippen molar-refractivity contribution >= 4 is 6.29 Å². The summed E-state index contributed by atoms with van der Waals surface area (Å²) in [6.45, 7) is 5.45. The minimum atomic E-state index is 0.321. The molecule has 0 saturated carbocycles. The summed E-state index contributed by atoms with van der Waals surface area (Å²) in [4.78, 5) is 19.2. The zero-order chi connectivity index (χ0) is 12.1. The van der Waals surface area contributed by atoms with E-state index in [1.54, 1.807) is 6.20 Å². The second kappa shape index (κ2) is 5.93. The van der Waals surface area contributed by atoms with Crippen LogP contribution in [0.25, 0.3) is 0 Å². The quantitative estimate of drug-likeness (QED) is 0.685. The van der Waals surface area contributed by atoms with Gasteiger partial charge in [0, 0.05) is 39.1 Å². The predicted octanol–water partition coefficient (Wildman–Crippen LogP) is 0.206. The van der Waals surface area contributed by atoms with Crippen LogP contribution < -0.4 is 0 Å². The maximum Gasteiger partial charge on any atom is 0.195 e. The number of piperazine rings is 1. The molecule has 0 bridgehead atoms. The molecule has 0 atom stereocenters. The van der Waals surface area contributed by atoms with Crippen LogP contribution in [0.1, 0.15) is 11.7 Å². The lowest BCUT2D eigenvalue weighted by atomic mass is 10.3. The van der Waals surface area contributed by atoms with Gasteiger partial charge >= 0.3 is 0 Å². The zero-order valence-corrected chi connectivity index (χ0v) is 10.3. The Morgan fingerprint density at radius 2 is 2.18 bits per heavy atom. The number of likely N-dealkylation sites (N-methyl/N-ethyl adjacent to an activating group) is 1. The van der Waals surface area contributed by atoms with Crippen LogP contribution >= 0.6 is 0 Å². The summed E-state index contributed by atoms with van der Waals surface area (Å²) in [5, 5.41) is 0. The molecule has 94 valence electrons. The Labute approximate surface area is 101 Å². The minimum Gasteiger partial charge on any atom is -0.445 e. The minimum absolute atomic E-state index is 0.321. The molecule has 5 nitrogen and oxygen atoms in total. The summed E-state index contributed by atoms with van der Waals surface area (Å²) in [5.74, 6) is 1.40. The second-order valence-corrected chi connectivity index (χ2v) is 4.49. The number of rotatable bonds is 5. The molecule has 0 aliphatic carbocycles. The third-order valence-electron chi connectivity index (χ3n) is 3.12. The Bertz CT molecular complexity index is 356. The van der Waals surface area contributed by atoms with Gasteiger partial charge in [-0.25, -0.2) is 4.98 Å². The molecule has 1 aromatic rings. The Morgan fingerprint density at radius 1 is 1.41 bits per heavy atom. The maximum atomic E-state index is 10.3. The first-order valence-corrected chi connectivity index (χ1v) is 6.06. The Kier molecular flexibility index (Phi) is 4.28.